The van der Waals surface area contributed by atoms with Crippen molar-refractivity contribution in [3.8, 4) is 11.3 Å². The lowest BCUT2D eigenvalue weighted by molar-refractivity contribution is 0.0933. The Bertz CT molecular complexity index is 938. The number of hydrogen-bond donors (Lipinski definition) is 1. The van der Waals surface area contributed by atoms with Crippen LogP contribution < -0.4 is 5.32 Å². The summed E-state index contributed by atoms with van der Waals surface area (Å²) in [7, 11) is 4.02. The van der Waals surface area contributed by atoms with Gasteiger partial charge in [-0.2, -0.15) is 0 Å². The molecule has 152 valence electrons. The van der Waals surface area contributed by atoms with Crippen molar-refractivity contribution in [2.24, 2.45) is 0 Å². The van der Waals surface area contributed by atoms with Crippen LogP contribution in [-0.4, -0.2) is 36.6 Å². The van der Waals surface area contributed by atoms with Gasteiger partial charge in [-0.1, -0.05) is 80.5 Å². The van der Waals surface area contributed by atoms with Crippen LogP contribution in [0.25, 0.3) is 11.3 Å². The van der Waals surface area contributed by atoms with Crippen LogP contribution in [0, 0.1) is 0 Å². The number of nitrogens with one attached hydrogen (secondary N) is 1. The Hall–Kier alpha value is -2.92. The molecule has 0 aliphatic carbocycles. The molecule has 0 unspecified atom stereocenters. The van der Waals surface area contributed by atoms with Gasteiger partial charge >= 0.3 is 0 Å². The third-order valence-electron chi connectivity index (χ3n) is 5.04. The molecule has 1 heterocycles. The van der Waals surface area contributed by atoms with Gasteiger partial charge in [0.15, 0.2) is 11.5 Å². The monoisotopic (exact) mass is 391 g/mol. The van der Waals surface area contributed by atoms with E-state index in [1.165, 1.54) is 5.56 Å². The number of nitrogens with zero attached hydrogens (tertiary/aromatic N) is 2. The van der Waals surface area contributed by atoms with Crippen LogP contribution in [-0.2, 0) is 5.41 Å². The van der Waals surface area contributed by atoms with E-state index in [1.807, 2.05) is 44.4 Å². The van der Waals surface area contributed by atoms with Gasteiger partial charge in [-0.05, 0) is 30.6 Å². The van der Waals surface area contributed by atoms with Crippen LogP contribution in [0.3, 0.4) is 0 Å². The summed E-state index contributed by atoms with van der Waals surface area (Å²) in [6.45, 7) is 7.09. The summed E-state index contributed by atoms with van der Waals surface area (Å²) < 4.78 is 5.33. The Kier molecular flexibility index (Phi) is 6.18. The van der Waals surface area contributed by atoms with E-state index in [0.717, 1.165) is 11.1 Å². The Morgan fingerprint density at radius 3 is 2.31 bits per heavy atom. The fraction of sp³-hybridized carbons (Fsp3) is 0.333. The van der Waals surface area contributed by atoms with Crippen molar-refractivity contribution >= 4 is 5.91 Å². The Labute approximate surface area is 172 Å². The standard InChI is InChI=1S/C24H29N3O2/c1-24(2,3)19-13-11-17(12-14-19)21(27(4)5)16-25-23(28)20-15-22(29-26-20)18-9-7-6-8-10-18/h6-15,21H,16H2,1-5H3,(H,25,28)/t21-/m1/s1. The molecule has 0 saturated heterocycles. The van der Waals surface area contributed by atoms with Gasteiger partial charge < -0.3 is 14.7 Å². The fourth-order valence-corrected chi connectivity index (χ4v) is 3.20. The summed E-state index contributed by atoms with van der Waals surface area (Å²) in [4.78, 5) is 14.7. The molecule has 1 amide bonds. The molecular weight excluding hydrogens is 362 g/mol. The van der Waals surface area contributed by atoms with Gasteiger partial charge in [-0.25, -0.2) is 0 Å². The second-order valence-corrected chi connectivity index (χ2v) is 8.50. The first-order valence-corrected chi connectivity index (χ1v) is 9.83. The number of hydrogen-bond acceptors (Lipinski definition) is 4. The summed E-state index contributed by atoms with van der Waals surface area (Å²) in [5, 5.41) is 6.91. The lowest BCUT2D eigenvalue weighted by Gasteiger charge is -2.26. The van der Waals surface area contributed by atoms with Crippen LogP contribution in [0.4, 0.5) is 0 Å². The summed E-state index contributed by atoms with van der Waals surface area (Å²) in [6.07, 6.45) is 0. The zero-order valence-electron chi connectivity index (χ0n) is 17.8. The highest BCUT2D eigenvalue weighted by Gasteiger charge is 2.20. The second kappa shape index (κ2) is 8.62. The van der Waals surface area contributed by atoms with Crippen LogP contribution in [0.15, 0.2) is 65.2 Å². The van der Waals surface area contributed by atoms with Crippen molar-refractivity contribution in [3.63, 3.8) is 0 Å². The lowest BCUT2D eigenvalue weighted by atomic mass is 9.86. The van der Waals surface area contributed by atoms with E-state index in [2.05, 4.69) is 60.4 Å². The molecule has 0 saturated carbocycles. The summed E-state index contributed by atoms with van der Waals surface area (Å²) in [6, 6.07) is 20.0. The lowest BCUT2D eigenvalue weighted by Crippen LogP contribution is -2.34. The fourth-order valence-electron chi connectivity index (χ4n) is 3.20. The minimum absolute atomic E-state index is 0.0634. The molecule has 5 heteroatoms. The largest absolute Gasteiger partial charge is 0.355 e. The highest BCUT2D eigenvalue weighted by Crippen LogP contribution is 2.25. The number of benzene rings is 2. The third kappa shape index (κ3) is 5.12. The van der Waals surface area contributed by atoms with Crippen LogP contribution in [0.2, 0.25) is 0 Å². The Morgan fingerprint density at radius 2 is 1.72 bits per heavy atom. The SMILES string of the molecule is CN(C)[C@H](CNC(=O)c1cc(-c2ccccc2)on1)c1ccc(C(C)(C)C)cc1. The van der Waals surface area contributed by atoms with E-state index in [-0.39, 0.29) is 23.1 Å². The predicted molar refractivity (Wildman–Crippen MR) is 116 cm³/mol. The number of rotatable bonds is 6. The van der Waals surface area contributed by atoms with Gasteiger partial charge in [0, 0.05) is 18.2 Å². The first-order valence-electron chi connectivity index (χ1n) is 9.83. The molecule has 1 aromatic heterocycles. The molecule has 1 N–H and O–H groups in total. The van der Waals surface area contributed by atoms with Gasteiger partial charge in [-0.15, -0.1) is 0 Å². The van der Waals surface area contributed by atoms with E-state index in [0.29, 0.717) is 12.3 Å². The summed E-state index contributed by atoms with van der Waals surface area (Å²) in [5.74, 6) is 0.340. The van der Waals surface area contributed by atoms with Crippen molar-refractivity contribution in [2.45, 2.75) is 32.2 Å². The highest BCUT2D eigenvalue weighted by atomic mass is 16.5. The van der Waals surface area contributed by atoms with Crippen molar-refractivity contribution in [1.82, 2.24) is 15.4 Å². The molecule has 5 nitrogen and oxygen atoms in total. The van der Waals surface area contributed by atoms with E-state index in [1.54, 1.807) is 6.07 Å². The van der Waals surface area contributed by atoms with Gasteiger partial charge in [0.2, 0.25) is 0 Å². The summed E-state index contributed by atoms with van der Waals surface area (Å²) >= 11 is 0. The first kappa shape index (κ1) is 20.8. The zero-order valence-corrected chi connectivity index (χ0v) is 17.8. The number of likely N-dealkylation sites (N-methyl/N-ethyl adjacent to an activating group) is 1. The van der Waals surface area contributed by atoms with Gasteiger partial charge in [-0.3, -0.25) is 4.79 Å². The molecule has 0 bridgehead atoms. The molecule has 3 rings (SSSR count). The first-order chi connectivity index (χ1) is 13.8. The van der Waals surface area contributed by atoms with E-state index in [9.17, 15) is 4.79 Å². The van der Waals surface area contributed by atoms with Gasteiger partial charge in [0.1, 0.15) is 0 Å². The summed E-state index contributed by atoms with van der Waals surface area (Å²) in [5.41, 5.74) is 3.74. The molecule has 29 heavy (non-hydrogen) atoms. The maximum absolute atomic E-state index is 12.6. The van der Waals surface area contributed by atoms with Crippen molar-refractivity contribution in [1.29, 1.82) is 0 Å². The topological polar surface area (TPSA) is 58.4 Å². The Morgan fingerprint density at radius 1 is 1.07 bits per heavy atom. The minimum Gasteiger partial charge on any atom is -0.355 e. The maximum Gasteiger partial charge on any atom is 0.273 e. The highest BCUT2D eigenvalue weighted by molar-refractivity contribution is 5.93. The molecular formula is C24H29N3O2. The van der Waals surface area contributed by atoms with Crippen LogP contribution >= 0.6 is 0 Å². The number of carbonyl (C=O) groups excluding carboxylic acids is 1. The average molecular weight is 392 g/mol. The molecule has 1 atom stereocenters. The smallest absolute Gasteiger partial charge is 0.273 e. The van der Waals surface area contributed by atoms with Crippen molar-refractivity contribution in [3.05, 3.63) is 77.5 Å². The van der Waals surface area contributed by atoms with Crippen LogP contribution in [0.5, 0.6) is 0 Å². The van der Waals surface area contributed by atoms with E-state index >= 15 is 0 Å². The zero-order chi connectivity index (χ0) is 21.0. The normalized spacial score (nSPS) is 12.8. The van der Waals surface area contributed by atoms with E-state index in [4.69, 9.17) is 4.52 Å². The molecule has 0 aliphatic rings. The maximum atomic E-state index is 12.6. The Balaban J connectivity index is 1.68. The minimum atomic E-state index is -0.242. The van der Waals surface area contributed by atoms with Crippen molar-refractivity contribution < 1.29 is 9.32 Å². The van der Waals surface area contributed by atoms with Gasteiger partial charge in [0.25, 0.3) is 5.91 Å². The van der Waals surface area contributed by atoms with Crippen LogP contribution in [0.1, 0.15) is 48.4 Å². The van der Waals surface area contributed by atoms with Crippen molar-refractivity contribution in [2.75, 3.05) is 20.6 Å². The average Bonchev–Trinajstić information content (AvgIpc) is 3.18. The quantitative estimate of drug-likeness (QED) is 0.663. The molecule has 0 fully saturated rings. The second-order valence-electron chi connectivity index (χ2n) is 8.50. The number of carbonyl (C=O) groups is 1. The number of amides is 1. The predicted octanol–water partition coefficient (Wildman–Crippen LogP) is 4.67. The van der Waals surface area contributed by atoms with Gasteiger partial charge in [0.05, 0.1) is 6.04 Å². The molecule has 0 spiro atoms. The molecule has 3 aromatic rings. The molecule has 2 aromatic carbocycles. The third-order valence-corrected chi connectivity index (χ3v) is 5.04. The number of aromatic nitrogens is 1. The molecule has 0 aliphatic heterocycles. The molecule has 0 radical (unpaired) electrons. The van der Waals surface area contributed by atoms with E-state index < -0.39 is 0 Å².